The Morgan fingerprint density at radius 2 is 2.40 bits per heavy atom. The molecular formula is C9H12N4O2. The highest BCUT2D eigenvalue weighted by atomic mass is 16.6. The maximum atomic E-state index is 10.5. The highest BCUT2D eigenvalue weighted by Gasteiger charge is 2.13. The molecule has 1 aromatic heterocycles. The molecule has 0 saturated heterocycles. The number of nitrogens with two attached hydrogens (primary N) is 1. The van der Waals surface area contributed by atoms with Crippen LogP contribution in [0, 0.1) is 10.1 Å². The molecule has 1 rings (SSSR count). The maximum absolute atomic E-state index is 10.5. The second-order valence-corrected chi connectivity index (χ2v) is 3.00. The highest BCUT2D eigenvalue weighted by molar-refractivity contribution is 5.57. The van der Waals surface area contributed by atoms with Crippen LogP contribution in [0.1, 0.15) is 0 Å². The van der Waals surface area contributed by atoms with Gasteiger partial charge in [-0.3, -0.25) is 10.1 Å². The van der Waals surface area contributed by atoms with Gasteiger partial charge in [-0.25, -0.2) is 4.98 Å². The molecule has 6 nitrogen and oxygen atoms in total. The zero-order valence-electron chi connectivity index (χ0n) is 8.38. The van der Waals surface area contributed by atoms with Crippen LogP contribution in [0.15, 0.2) is 24.8 Å². The lowest BCUT2D eigenvalue weighted by atomic mass is 10.3. The first-order valence-electron chi connectivity index (χ1n) is 4.29. The lowest BCUT2D eigenvalue weighted by Crippen LogP contribution is -2.18. The summed E-state index contributed by atoms with van der Waals surface area (Å²) in [7, 11) is 1.80. The molecule has 0 bridgehead atoms. The quantitative estimate of drug-likeness (QED) is 0.456. The highest BCUT2D eigenvalue weighted by Crippen LogP contribution is 2.22. The fourth-order valence-corrected chi connectivity index (χ4v) is 1.11. The van der Waals surface area contributed by atoms with Crippen molar-refractivity contribution < 1.29 is 4.92 Å². The van der Waals surface area contributed by atoms with Crippen molar-refractivity contribution in [2.24, 2.45) is 0 Å². The first-order chi connectivity index (χ1) is 7.06. The third-order valence-corrected chi connectivity index (χ3v) is 1.88. The third-order valence-electron chi connectivity index (χ3n) is 1.88. The first kappa shape index (κ1) is 11.0. The van der Waals surface area contributed by atoms with E-state index in [0.717, 1.165) is 0 Å². The summed E-state index contributed by atoms with van der Waals surface area (Å²) >= 11 is 0. The van der Waals surface area contributed by atoms with Crippen LogP contribution >= 0.6 is 0 Å². The molecule has 0 fully saturated rings. The standard InChI is InChI=1S/C9H12N4O2/c1-3-6-12(2)8-5-4-7(13(14)15)9(10)11-8/h3-5H,1,6H2,2H3,(H2,10,11). The Morgan fingerprint density at radius 1 is 1.73 bits per heavy atom. The summed E-state index contributed by atoms with van der Waals surface area (Å²) in [5.74, 6) is 0.506. The molecule has 0 radical (unpaired) electrons. The molecule has 0 saturated carbocycles. The van der Waals surface area contributed by atoms with E-state index in [-0.39, 0.29) is 11.5 Å². The zero-order valence-corrected chi connectivity index (χ0v) is 8.38. The van der Waals surface area contributed by atoms with E-state index in [2.05, 4.69) is 11.6 Å². The fraction of sp³-hybridized carbons (Fsp3) is 0.222. The van der Waals surface area contributed by atoms with Crippen LogP contribution in [0.25, 0.3) is 0 Å². The lowest BCUT2D eigenvalue weighted by molar-refractivity contribution is -0.384. The summed E-state index contributed by atoms with van der Waals surface area (Å²) in [6.07, 6.45) is 1.71. The maximum Gasteiger partial charge on any atom is 0.311 e. The Morgan fingerprint density at radius 3 is 2.87 bits per heavy atom. The molecule has 0 aliphatic rings. The number of hydrogen-bond acceptors (Lipinski definition) is 5. The van der Waals surface area contributed by atoms with E-state index in [1.54, 1.807) is 24.1 Å². The van der Waals surface area contributed by atoms with Crippen LogP contribution in [0.2, 0.25) is 0 Å². The van der Waals surface area contributed by atoms with E-state index >= 15 is 0 Å². The number of nitro groups is 1. The predicted octanol–water partition coefficient (Wildman–Crippen LogP) is 1.19. The Kier molecular flexibility index (Phi) is 3.22. The number of pyridine rings is 1. The van der Waals surface area contributed by atoms with Crippen LogP contribution < -0.4 is 10.6 Å². The molecule has 15 heavy (non-hydrogen) atoms. The zero-order chi connectivity index (χ0) is 11.4. The Balaban J connectivity index is 3.00. The summed E-state index contributed by atoms with van der Waals surface area (Å²) < 4.78 is 0. The number of anilines is 2. The van der Waals surface area contributed by atoms with Gasteiger partial charge < -0.3 is 10.6 Å². The Bertz CT molecular complexity index is 392. The van der Waals surface area contributed by atoms with Crippen LogP contribution in [0.3, 0.4) is 0 Å². The first-order valence-corrected chi connectivity index (χ1v) is 4.29. The SMILES string of the molecule is C=CCN(C)c1ccc([N+](=O)[O-])c(N)n1. The van der Waals surface area contributed by atoms with Gasteiger partial charge in [-0.2, -0.15) is 0 Å². The van der Waals surface area contributed by atoms with Crippen molar-refractivity contribution in [1.29, 1.82) is 0 Å². The lowest BCUT2D eigenvalue weighted by Gasteiger charge is -2.15. The van der Waals surface area contributed by atoms with E-state index in [0.29, 0.717) is 12.4 Å². The number of nitrogens with zero attached hydrogens (tertiary/aromatic N) is 3. The molecule has 0 aromatic carbocycles. The van der Waals surface area contributed by atoms with Crippen molar-refractivity contribution in [2.75, 3.05) is 24.2 Å². The summed E-state index contributed by atoms with van der Waals surface area (Å²) in [6.45, 7) is 4.19. The molecule has 0 aliphatic heterocycles. The molecular weight excluding hydrogens is 196 g/mol. The number of likely N-dealkylation sites (N-methyl/N-ethyl adjacent to an activating group) is 1. The van der Waals surface area contributed by atoms with E-state index in [9.17, 15) is 10.1 Å². The number of nitrogen functional groups attached to an aromatic ring is 1. The van der Waals surface area contributed by atoms with Gasteiger partial charge >= 0.3 is 5.69 Å². The van der Waals surface area contributed by atoms with Crippen LogP contribution in [0.4, 0.5) is 17.3 Å². The number of rotatable bonds is 4. The topological polar surface area (TPSA) is 85.3 Å². The van der Waals surface area contributed by atoms with Crippen molar-refractivity contribution >= 4 is 17.3 Å². The van der Waals surface area contributed by atoms with Gasteiger partial charge in [0.15, 0.2) is 0 Å². The fourth-order valence-electron chi connectivity index (χ4n) is 1.11. The normalized spacial score (nSPS) is 9.67. The molecule has 0 unspecified atom stereocenters. The number of aromatic nitrogens is 1. The van der Waals surface area contributed by atoms with E-state index in [1.165, 1.54) is 6.07 Å². The van der Waals surface area contributed by atoms with Gasteiger partial charge in [-0.05, 0) is 6.07 Å². The predicted molar refractivity (Wildman–Crippen MR) is 58.8 cm³/mol. The number of hydrogen-bond donors (Lipinski definition) is 1. The van der Waals surface area contributed by atoms with Gasteiger partial charge in [0.25, 0.3) is 0 Å². The van der Waals surface area contributed by atoms with Crippen molar-refractivity contribution in [3.63, 3.8) is 0 Å². The van der Waals surface area contributed by atoms with Crippen LogP contribution in [-0.2, 0) is 0 Å². The smallest absolute Gasteiger partial charge is 0.311 e. The molecule has 0 atom stereocenters. The summed E-state index contributed by atoms with van der Waals surface area (Å²) in [5.41, 5.74) is 5.28. The monoisotopic (exact) mass is 208 g/mol. The summed E-state index contributed by atoms with van der Waals surface area (Å²) in [6, 6.07) is 2.90. The van der Waals surface area contributed by atoms with E-state index in [4.69, 9.17) is 5.73 Å². The van der Waals surface area contributed by atoms with E-state index in [1.807, 2.05) is 0 Å². The molecule has 6 heteroatoms. The van der Waals surface area contributed by atoms with Gasteiger partial charge in [0.2, 0.25) is 5.82 Å². The van der Waals surface area contributed by atoms with Crippen molar-refractivity contribution in [2.45, 2.75) is 0 Å². The molecule has 80 valence electrons. The van der Waals surface area contributed by atoms with Crippen molar-refractivity contribution in [3.8, 4) is 0 Å². The van der Waals surface area contributed by atoms with E-state index < -0.39 is 4.92 Å². The van der Waals surface area contributed by atoms with Crippen molar-refractivity contribution in [1.82, 2.24) is 4.98 Å². The second kappa shape index (κ2) is 4.41. The Labute approximate surface area is 87.2 Å². The van der Waals surface area contributed by atoms with Gasteiger partial charge in [-0.1, -0.05) is 6.08 Å². The molecule has 1 aromatic rings. The van der Waals surface area contributed by atoms with Gasteiger partial charge in [-0.15, -0.1) is 6.58 Å². The molecule has 0 aliphatic carbocycles. The molecule has 1 heterocycles. The third kappa shape index (κ3) is 2.43. The van der Waals surface area contributed by atoms with Gasteiger partial charge in [0.05, 0.1) is 4.92 Å². The van der Waals surface area contributed by atoms with Crippen molar-refractivity contribution in [3.05, 3.63) is 34.9 Å². The average Bonchev–Trinajstić information content (AvgIpc) is 2.17. The van der Waals surface area contributed by atoms with Gasteiger partial charge in [0.1, 0.15) is 5.82 Å². The average molecular weight is 208 g/mol. The minimum Gasteiger partial charge on any atom is -0.378 e. The minimum atomic E-state index is -0.556. The molecule has 2 N–H and O–H groups in total. The summed E-state index contributed by atoms with van der Waals surface area (Å²) in [5, 5.41) is 10.5. The van der Waals surface area contributed by atoms with Gasteiger partial charge in [0, 0.05) is 19.7 Å². The van der Waals surface area contributed by atoms with Crippen LogP contribution in [-0.4, -0.2) is 23.5 Å². The summed E-state index contributed by atoms with van der Waals surface area (Å²) in [4.78, 5) is 15.6. The second-order valence-electron chi connectivity index (χ2n) is 3.00. The molecule has 0 amide bonds. The van der Waals surface area contributed by atoms with Crippen LogP contribution in [0.5, 0.6) is 0 Å². The Hall–Kier alpha value is -2.11. The largest absolute Gasteiger partial charge is 0.378 e. The minimum absolute atomic E-state index is 0.0755. The molecule has 0 spiro atoms.